The number of carbonyl (C=O) groups is 2. The van der Waals surface area contributed by atoms with E-state index in [1.54, 1.807) is 25.1 Å². The van der Waals surface area contributed by atoms with E-state index in [4.69, 9.17) is 0 Å². The van der Waals surface area contributed by atoms with Crippen LogP contribution >= 0.6 is 11.8 Å². The third kappa shape index (κ3) is 5.60. The van der Waals surface area contributed by atoms with Crippen molar-refractivity contribution < 1.29 is 31.2 Å². The van der Waals surface area contributed by atoms with Crippen LogP contribution in [0.5, 0.6) is 0 Å². The van der Waals surface area contributed by atoms with Crippen LogP contribution in [0, 0.1) is 0 Å². The average molecular weight is 522 g/mol. The number of anilines is 3. The van der Waals surface area contributed by atoms with Gasteiger partial charge >= 0.3 is 6.18 Å². The molecule has 7 nitrogen and oxygen atoms in total. The van der Waals surface area contributed by atoms with Gasteiger partial charge in [-0.2, -0.15) is 13.2 Å². The molecule has 0 saturated heterocycles. The van der Waals surface area contributed by atoms with Gasteiger partial charge in [-0.1, -0.05) is 0 Å². The van der Waals surface area contributed by atoms with Crippen LogP contribution in [0.2, 0.25) is 0 Å². The van der Waals surface area contributed by atoms with Gasteiger partial charge in [-0.3, -0.25) is 14.3 Å². The molecule has 0 bridgehead atoms. The monoisotopic (exact) mass is 521 g/mol. The zero-order chi connectivity index (χ0) is 25.4. The minimum Gasteiger partial charge on any atom is -0.324 e. The molecule has 3 aromatic rings. The summed E-state index contributed by atoms with van der Waals surface area (Å²) in [4.78, 5) is 25.2. The number of alkyl halides is 3. The van der Waals surface area contributed by atoms with E-state index in [0.29, 0.717) is 16.9 Å². The summed E-state index contributed by atoms with van der Waals surface area (Å²) < 4.78 is 65.4. The normalized spacial score (nSPS) is 15.7. The van der Waals surface area contributed by atoms with E-state index in [9.17, 15) is 31.2 Å². The number of sulfonamides is 1. The minimum absolute atomic E-state index is 0.0255. The van der Waals surface area contributed by atoms with Crippen LogP contribution in [-0.4, -0.2) is 25.5 Å². The summed E-state index contributed by atoms with van der Waals surface area (Å²) in [6.45, 7) is 1.78. The van der Waals surface area contributed by atoms with Crippen LogP contribution in [0.25, 0.3) is 0 Å². The molecule has 1 unspecified atom stereocenters. The molecule has 0 radical (unpaired) electrons. The number of thioether (sulfide) groups is 1. The molecule has 1 aliphatic heterocycles. The van der Waals surface area contributed by atoms with E-state index in [1.165, 1.54) is 36.0 Å². The Morgan fingerprint density at radius 3 is 2.23 bits per heavy atom. The van der Waals surface area contributed by atoms with Gasteiger partial charge in [-0.05, 0) is 73.7 Å². The standard InChI is InChI=1S/C23H18F3N3O4S2/c1-13-21(30)28-19-12-14(2-11-20(19)34-13)22(31)27-16-7-9-18(10-8-16)35(32,33)29-17-5-3-15(4-6-17)23(24,25)26/h2-13,29H,1H3,(H,27,31)(H,28,30). The zero-order valence-electron chi connectivity index (χ0n) is 18.0. The highest BCUT2D eigenvalue weighted by Gasteiger charge is 2.30. The zero-order valence-corrected chi connectivity index (χ0v) is 19.6. The lowest BCUT2D eigenvalue weighted by Crippen LogP contribution is -2.26. The molecule has 1 heterocycles. The Labute approximate surface area is 203 Å². The molecule has 0 fully saturated rings. The fraction of sp³-hybridized carbons (Fsp3) is 0.130. The summed E-state index contributed by atoms with van der Waals surface area (Å²) in [7, 11) is -4.07. The third-order valence-corrected chi connectivity index (χ3v) is 7.63. The van der Waals surface area contributed by atoms with Gasteiger partial charge in [0.15, 0.2) is 0 Å². The SMILES string of the molecule is CC1Sc2ccc(C(=O)Nc3ccc(S(=O)(=O)Nc4ccc(C(F)(F)F)cc4)cc3)cc2NC1=O. The Bertz CT molecular complexity index is 1390. The fourth-order valence-electron chi connectivity index (χ4n) is 3.21. The summed E-state index contributed by atoms with van der Waals surface area (Å²) in [6, 6.07) is 13.8. The maximum Gasteiger partial charge on any atom is 0.416 e. The minimum atomic E-state index is -4.53. The molecule has 3 aromatic carbocycles. The summed E-state index contributed by atoms with van der Waals surface area (Å²) >= 11 is 1.39. The molecule has 12 heteroatoms. The predicted octanol–water partition coefficient (Wildman–Crippen LogP) is 5.19. The Morgan fingerprint density at radius 1 is 0.971 bits per heavy atom. The third-order valence-electron chi connectivity index (χ3n) is 5.06. The van der Waals surface area contributed by atoms with Gasteiger partial charge in [-0.15, -0.1) is 11.8 Å². The van der Waals surface area contributed by atoms with E-state index >= 15 is 0 Å². The smallest absolute Gasteiger partial charge is 0.324 e. The van der Waals surface area contributed by atoms with E-state index in [0.717, 1.165) is 29.2 Å². The van der Waals surface area contributed by atoms with Gasteiger partial charge in [0.1, 0.15) is 0 Å². The van der Waals surface area contributed by atoms with Crippen LogP contribution in [0.4, 0.5) is 30.2 Å². The van der Waals surface area contributed by atoms with Crippen LogP contribution < -0.4 is 15.4 Å². The van der Waals surface area contributed by atoms with Gasteiger partial charge in [0.25, 0.3) is 15.9 Å². The molecule has 182 valence electrons. The van der Waals surface area contributed by atoms with Crippen molar-refractivity contribution in [2.24, 2.45) is 0 Å². The van der Waals surface area contributed by atoms with Gasteiger partial charge in [0.05, 0.1) is 21.4 Å². The molecular formula is C23H18F3N3O4S2. The fourth-order valence-corrected chi connectivity index (χ4v) is 5.20. The molecule has 0 spiro atoms. The molecule has 0 aromatic heterocycles. The summed E-state index contributed by atoms with van der Waals surface area (Å²) in [5.41, 5.74) is 0.257. The number of carbonyl (C=O) groups excluding carboxylic acids is 2. The molecule has 1 aliphatic rings. The van der Waals surface area contributed by atoms with Crippen molar-refractivity contribution >= 4 is 50.7 Å². The molecule has 0 aliphatic carbocycles. The maximum atomic E-state index is 12.7. The highest BCUT2D eigenvalue weighted by atomic mass is 32.2. The van der Waals surface area contributed by atoms with Crippen molar-refractivity contribution in [2.75, 3.05) is 15.4 Å². The summed E-state index contributed by atoms with van der Waals surface area (Å²) in [5, 5.41) is 5.18. The topological polar surface area (TPSA) is 104 Å². The van der Waals surface area contributed by atoms with Crippen molar-refractivity contribution in [2.45, 2.75) is 28.1 Å². The first-order valence-electron chi connectivity index (χ1n) is 10.2. The number of benzene rings is 3. The second-order valence-electron chi connectivity index (χ2n) is 7.62. The Kier molecular flexibility index (Phi) is 6.52. The number of hydrogen-bond acceptors (Lipinski definition) is 5. The second-order valence-corrected chi connectivity index (χ2v) is 10.7. The molecule has 2 amide bonds. The van der Waals surface area contributed by atoms with E-state index in [1.807, 2.05) is 0 Å². The number of halogens is 3. The lowest BCUT2D eigenvalue weighted by atomic mass is 10.1. The highest BCUT2D eigenvalue weighted by Crippen LogP contribution is 2.36. The summed E-state index contributed by atoms with van der Waals surface area (Å²) in [5.74, 6) is -0.606. The van der Waals surface area contributed by atoms with E-state index < -0.39 is 27.7 Å². The Hall–Kier alpha value is -3.51. The van der Waals surface area contributed by atoms with Gasteiger partial charge in [-0.25, -0.2) is 8.42 Å². The first-order valence-corrected chi connectivity index (χ1v) is 12.5. The van der Waals surface area contributed by atoms with Crippen LogP contribution in [0.1, 0.15) is 22.8 Å². The van der Waals surface area contributed by atoms with Gasteiger partial charge in [0, 0.05) is 21.8 Å². The molecule has 35 heavy (non-hydrogen) atoms. The lowest BCUT2D eigenvalue weighted by molar-refractivity contribution is -0.137. The molecule has 1 atom stereocenters. The van der Waals surface area contributed by atoms with E-state index in [-0.39, 0.29) is 21.7 Å². The maximum absolute atomic E-state index is 12.7. The first-order chi connectivity index (χ1) is 16.4. The van der Waals surface area contributed by atoms with Gasteiger partial charge < -0.3 is 10.6 Å². The van der Waals surface area contributed by atoms with E-state index in [2.05, 4.69) is 15.4 Å². The summed E-state index contributed by atoms with van der Waals surface area (Å²) in [6.07, 6.45) is -4.53. The number of fused-ring (bicyclic) bond motifs is 1. The Balaban J connectivity index is 1.43. The van der Waals surface area contributed by atoms with Crippen molar-refractivity contribution in [1.29, 1.82) is 0 Å². The average Bonchev–Trinajstić information content (AvgIpc) is 2.79. The van der Waals surface area contributed by atoms with Crippen LogP contribution in [0.3, 0.4) is 0 Å². The van der Waals surface area contributed by atoms with Crippen molar-refractivity contribution in [3.8, 4) is 0 Å². The Morgan fingerprint density at radius 2 is 1.60 bits per heavy atom. The molecule has 4 rings (SSSR count). The van der Waals surface area contributed by atoms with Crippen molar-refractivity contribution in [3.63, 3.8) is 0 Å². The van der Waals surface area contributed by atoms with Crippen LogP contribution in [-0.2, 0) is 21.0 Å². The van der Waals surface area contributed by atoms with Crippen molar-refractivity contribution in [1.82, 2.24) is 0 Å². The van der Waals surface area contributed by atoms with Crippen LogP contribution in [0.15, 0.2) is 76.5 Å². The van der Waals surface area contributed by atoms with Crippen molar-refractivity contribution in [3.05, 3.63) is 77.9 Å². The second kappa shape index (κ2) is 9.27. The first kappa shape index (κ1) is 24.6. The molecule has 0 saturated carbocycles. The molecule has 3 N–H and O–H groups in total. The highest BCUT2D eigenvalue weighted by molar-refractivity contribution is 8.01. The number of rotatable bonds is 5. The lowest BCUT2D eigenvalue weighted by Gasteiger charge is -2.21. The largest absolute Gasteiger partial charge is 0.416 e. The molecular weight excluding hydrogens is 503 g/mol. The quantitative estimate of drug-likeness (QED) is 0.429. The number of hydrogen-bond donors (Lipinski definition) is 3. The number of nitrogens with one attached hydrogen (secondary N) is 3. The number of amides is 2. The predicted molar refractivity (Wildman–Crippen MR) is 127 cm³/mol. The van der Waals surface area contributed by atoms with Gasteiger partial charge in [0.2, 0.25) is 5.91 Å².